The van der Waals surface area contributed by atoms with Crippen LogP contribution in [0.15, 0.2) is 17.5 Å². The third-order valence-corrected chi connectivity index (χ3v) is 3.92. The Morgan fingerprint density at radius 1 is 1.33 bits per heavy atom. The van der Waals surface area contributed by atoms with Crippen LogP contribution in [0.5, 0.6) is 0 Å². The van der Waals surface area contributed by atoms with Crippen LogP contribution in [-0.2, 0) is 11.8 Å². The standard InChI is InChI=1S/C15H18ClN3OS/c1-5-10-6-9(7-12(16)17-10)13(20)19-14-18-11(8-21-14)15(2,3)4/h6-8H,5H2,1-4H3,(H,18,19,20). The minimum Gasteiger partial charge on any atom is -0.298 e. The highest BCUT2D eigenvalue weighted by Crippen LogP contribution is 2.26. The summed E-state index contributed by atoms with van der Waals surface area (Å²) in [7, 11) is 0. The summed E-state index contributed by atoms with van der Waals surface area (Å²) in [6.45, 7) is 8.23. The van der Waals surface area contributed by atoms with Crippen molar-refractivity contribution in [3.63, 3.8) is 0 Å². The molecule has 2 aromatic rings. The molecular weight excluding hydrogens is 306 g/mol. The van der Waals surface area contributed by atoms with Gasteiger partial charge in [0.1, 0.15) is 5.15 Å². The lowest BCUT2D eigenvalue weighted by atomic mass is 9.93. The number of aryl methyl sites for hydroxylation is 1. The summed E-state index contributed by atoms with van der Waals surface area (Å²) in [5, 5.41) is 5.70. The van der Waals surface area contributed by atoms with Crippen LogP contribution in [0.1, 0.15) is 49.4 Å². The highest BCUT2D eigenvalue weighted by atomic mass is 35.5. The van der Waals surface area contributed by atoms with Gasteiger partial charge < -0.3 is 0 Å². The molecule has 0 radical (unpaired) electrons. The fourth-order valence-electron chi connectivity index (χ4n) is 1.71. The van der Waals surface area contributed by atoms with Crippen molar-refractivity contribution in [1.29, 1.82) is 0 Å². The van der Waals surface area contributed by atoms with Crippen LogP contribution < -0.4 is 5.32 Å². The van der Waals surface area contributed by atoms with Crippen molar-refractivity contribution < 1.29 is 4.79 Å². The fraction of sp³-hybridized carbons (Fsp3) is 0.400. The van der Waals surface area contributed by atoms with E-state index in [4.69, 9.17) is 11.6 Å². The Bertz CT molecular complexity index is 661. The van der Waals surface area contributed by atoms with Crippen molar-refractivity contribution in [3.05, 3.63) is 39.6 Å². The second-order valence-corrected chi connectivity index (χ2v) is 7.01. The summed E-state index contributed by atoms with van der Waals surface area (Å²) in [5.74, 6) is -0.219. The first kappa shape index (κ1) is 15.9. The Hall–Kier alpha value is -1.46. The van der Waals surface area contributed by atoms with E-state index in [-0.39, 0.29) is 11.3 Å². The monoisotopic (exact) mass is 323 g/mol. The zero-order valence-electron chi connectivity index (χ0n) is 12.5. The van der Waals surface area contributed by atoms with E-state index in [0.29, 0.717) is 15.8 Å². The van der Waals surface area contributed by atoms with Crippen LogP contribution in [0.3, 0.4) is 0 Å². The zero-order chi connectivity index (χ0) is 15.6. The lowest BCUT2D eigenvalue weighted by Crippen LogP contribution is -2.14. The van der Waals surface area contributed by atoms with E-state index in [2.05, 4.69) is 36.1 Å². The molecule has 0 aromatic carbocycles. The molecule has 0 saturated carbocycles. The predicted octanol–water partition coefficient (Wildman–Crippen LogP) is 4.30. The molecule has 2 heterocycles. The first-order valence-electron chi connectivity index (χ1n) is 6.73. The maximum Gasteiger partial charge on any atom is 0.257 e. The highest BCUT2D eigenvalue weighted by molar-refractivity contribution is 7.14. The van der Waals surface area contributed by atoms with Crippen molar-refractivity contribution in [2.75, 3.05) is 5.32 Å². The van der Waals surface area contributed by atoms with Crippen LogP contribution in [0.2, 0.25) is 5.15 Å². The summed E-state index contributed by atoms with van der Waals surface area (Å²) in [4.78, 5) is 20.9. The minimum absolute atomic E-state index is 0.0329. The number of carbonyl (C=O) groups excluding carboxylic acids is 1. The maximum absolute atomic E-state index is 12.3. The molecule has 0 atom stereocenters. The van der Waals surface area contributed by atoms with E-state index in [9.17, 15) is 4.79 Å². The molecule has 0 aliphatic carbocycles. The van der Waals surface area contributed by atoms with Crippen molar-refractivity contribution >= 4 is 34.0 Å². The molecule has 2 aromatic heterocycles. The second-order valence-electron chi connectivity index (χ2n) is 5.77. The van der Waals surface area contributed by atoms with Crippen LogP contribution in [0, 0.1) is 0 Å². The molecule has 6 heteroatoms. The number of amides is 1. The Morgan fingerprint density at radius 2 is 2.05 bits per heavy atom. The van der Waals surface area contributed by atoms with E-state index < -0.39 is 0 Å². The van der Waals surface area contributed by atoms with Gasteiger partial charge in [-0.25, -0.2) is 9.97 Å². The molecule has 0 fully saturated rings. The van der Waals surface area contributed by atoms with Gasteiger partial charge in [0, 0.05) is 22.1 Å². The summed E-state index contributed by atoms with van der Waals surface area (Å²) in [5.41, 5.74) is 2.22. The summed E-state index contributed by atoms with van der Waals surface area (Å²) < 4.78 is 0. The van der Waals surface area contributed by atoms with Gasteiger partial charge in [-0.2, -0.15) is 0 Å². The third kappa shape index (κ3) is 4.02. The first-order chi connectivity index (χ1) is 9.79. The van der Waals surface area contributed by atoms with Gasteiger partial charge >= 0.3 is 0 Å². The van der Waals surface area contributed by atoms with Gasteiger partial charge in [0.2, 0.25) is 0 Å². The summed E-state index contributed by atoms with van der Waals surface area (Å²) in [6, 6.07) is 3.31. The number of rotatable bonds is 3. The van der Waals surface area contributed by atoms with Crippen LogP contribution in [0.4, 0.5) is 5.13 Å². The topological polar surface area (TPSA) is 54.9 Å². The number of carbonyl (C=O) groups is 1. The fourth-order valence-corrected chi connectivity index (χ4v) is 2.87. The molecule has 4 nitrogen and oxygen atoms in total. The molecular formula is C15H18ClN3OS. The number of thiazole rings is 1. The quantitative estimate of drug-likeness (QED) is 0.857. The number of pyridine rings is 1. The molecule has 0 aliphatic rings. The molecule has 21 heavy (non-hydrogen) atoms. The minimum atomic E-state index is -0.219. The van der Waals surface area contributed by atoms with E-state index in [1.54, 1.807) is 12.1 Å². The van der Waals surface area contributed by atoms with Gasteiger partial charge in [-0.05, 0) is 18.6 Å². The number of halogens is 1. The number of nitrogens with one attached hydrogen (secondary N) is 1. The second kappa shape index (κ2) is 6.12. The lowest BCUT2D eigenvalue weighted by molar-refractivity contribution is 0.102. The van der Waals surface area contributed by atoms with Crippen LogP contribution in [0.25, 0.3) is 0 Å². The van der Waals surface area contributed by atoms with Gasteiger partial charge in [-0.15, -0.1) is 11.3 Å². The van der Waals surface area contributed by atoms with E-state index in [1.165, 1.54) is 11.3 Å². The van der Waals surface area contributed by atoms with Crippen molar-refractivity contribution in [1.82, 2.24) is 9.97 Å². The largest absolute Gasteiger partial charge is 0.298 e. The molecule has 112 valence electrons. The van der Waals surface area contributed by atoms with Gasteiger partial charge in [-0.1, -0.05) is 39.3 Å². The van der Waals surface area contributed by atoms with Crippen molar-refractivity contribution in [2.45, 2.75) is 39.5 Å². The molecule has 0 aliphatic heterocycles. The van der Waals surface area contributed by atoms with E-state index in [0.717, 1.165) is 17.8 Å². The first-order valence-corrected chi connectivity index (χ1v) is 7.99. The number of aromatic nitrogens is 2. The number of nitrogens with zero attached hydrogens (tertiary/aromatic N) is 2. The van der Waals surface area contributed by atoms with Gasteiger partial charge in [-0.3, -0.25) is 10.1 Å². The number of hydrogen-bond donors (Lipinski definition) is 1. The van der Waals surface area contributed by atoms with Gasteiger partial charge in [0.15, 0.2) is 5.13 Å². The lowest BCUT2D eigenvalue weighted by Gasteiger charge is -2.14. The van der Waals surface area contributed by atoms with E-state index in [1.807, 2.05) is 12.3 Å². The Morgan fingerprint density at radius 3 is 2.62 bits per heavy atom. The normalized spacial score (nSPS) is 11.5. The predicted molar refractivity (Wildman–Crippen MR) is 87.4 cm³/mol. The summed E-state index contributed by atoms with van der Waals surface area (Å²) in [6.07, 6.45) is 0.728. The smallest absolute Gasteiger partial charge is 0.257 e. The van der Waals surface area contributed by atoms with Gasteiger partial charge in [0.25, 0.3) is 5.91 Å². The van der Waals surface area contributed by atoms with Crippen molar-refractivity contribution in [3.8, 4) is 0 Å². The third-order valence-electron chi connectivity index (χ3n) is 2.96. The Kier molecular flexibility index (Phi) is 4.64. The number of hydrogen-bond acceptors (Lipinski definition) is 4. The maximum atomic E-state index is 12.3. The molecule has 0 bridgehead atoms. The molecule has 1 N–H and O–H groups in total. The Balaban J connectivity index is 2.18. The average molecular weight is 324 g/mol. The number of anilines is 1. The molecule has 0 spiro atoms. The molecule has 1 amide bonds. The highest BCUT2D eigenvalue weighted by Gasteiger charge is 2.18. The molecule has 0 saturated heterocycles. The van der Waals surface area contributed by atoms with Gasteiger partial charge in [0.05, 0.1) is 5.69 Å². The summed E-state index contributed by atoms with van der Waals surface area (Å²) >= 11 is 7.36. The SMILES string of the molecule is CCc1cc(C(=O)Nc2nc(C(C)(C)C)cs2)cc(Cl)n1. The molecule has 0 unspecified atom stereocenters. The van der Waals surface area contributed by atoms with Crippen molar-refractivity contribution in [2.24, 2.45) is 0 Å². The van der Waals surface area contributed by atoms with Crippen LogP contribution in [-0.4, -0.2) is 15.9 Å². The Labute approximate surface area is 133 Å². The zero-order valence-corrected chi connectivity index (χ0v) is 14.1. The molecule has 2 rings (SSSR count). The average Bonchev–Trinajstić information content (AvgIpc) is 2.86. The van der Waals surface area contributed by atoms with E-state index >= 15 is 0 Å². The van der Waals surface area contributed by atoms with Crippen LogP contribution >= 0.6 is 22.9 Å².